The first-order chi connectivity index (χ1) is 6.55. The number of alkyl halides is 2. The lowest BCUT2D eigenvalue weighted by Gasteiger charge is -2.40. The molecule has 2 rings (SSSR count). The highest BCUT2D eigenvalue weighted by molar-refractivity contribution is 8.00. The van der Waals surface area contributed by atoms with Crippen LogP contribution in [0.15, 0.2) is 0 Å². The van der Waals surface area contributed by atoms with Crippen LogP contribution in [0.4, 0.5) is 8.78 Å². The van der Waals surface area contributed by atoms with Gasteiger partial charge in [-0.3, -0.25) is 0 Å². The minimum Gasteiger partial charge on any atom is -0.329 e. The lowest BCUT2D eigenvalue weighted by atomic mass is 9.75. The van der Waals surface area contributed by atoms with E-state index in [4.69, 9.17) is 5.73 Å². The van der Waals surface area contributed by atoms with Gasteiger partial charge in [0.2, 0.25) is 5.92 Å². The normalized spacial score (nSPS) is 37.1. The average molecular weight is 221 g/mol. The Morgan fingerprint density at radius 2 is 2.07 bits per heavy atom. The van der Waals surface area contributed by atoms with Gasteiger partial charge in [-0.1, -0.05) is 0 Å². The van der Waals surface area contributed by atoms with Crippen LogP contribution in [0.2, 0.25) is 0 Å². The van der Waals surface area contributed by atoms with Crippen molar-refractivity contribution in [2.75, 3.05) is 12.3 Å². The summed E-state index contributed by atoms with van der Waals surface area (Å²) in [5.74, 6) is -0.997. The molecular weight excluding hydrogens is 204 g/mol. The van der Waals surface area contributed by atoms with Gasteiger partial charge in [-0.05, 0) is 30.9 Å². The monoisotopic (exact) mass is 221 g/mol. The van der Waals surface area contributed by atoms with E-state index in [1.807, 2.05) is 11.8 Å². The molecule has 1 atom stereocenters. The van der Waals surface area contributed by atoms with Crippen molar-refractivity contribution in [3.63, 3.8) is 0 Å². The number of thioether (sulfide) groups is 1. The number of halogens is 2. The predicted molar refractivity (Wildman–Crippen MR) is 55.8 cm³/mol. The number of hydrogen-bond donors (Lipinski definition) is 1. The molecule has 14 heavy (non-hydrogen) atoms. The van der Waals surface area contributed by atoms with E-state index in [1.165, 1.54) is 6.42 Å². The largest absolute Gasteiger partial charge is 0.329 e. The van der Waals surface area contributed by atoms with Crippen LogP contribution < -0.4 is 5.73 Å². The first-order valence-electron chi connectivity index (χ1n) is 5.27. The Bertz CT molecular complexity index is 206. The van der Waals surface area contributed by atoms with Crippen molar-refractivity contribution >= 4 is 11.8 Å². The molecule has 4 heteroatoms. The fraction of sp³-hybridized carbons (Fsp3) is 1.00. The molecule has 0 amide bonds. The first-order valence-corrected chi connectivity index (χ1v) is 6.26. The maximum Gasteiger partial charge on any atom is 0.248 e. The summed E-state index contributed by atoms with van der Waals surface area (Å²) >= 11 is 1.90. The van der Waals surface area contributed by atoms with Gasteiger partial charge in [-0.2, -0.15) is 11.8 Å². The fourth-order valence-corrected chi connectivity index (χ4v) is 4.10. The Kier molecular flexibility index (Phi) is 2.77. The molecule has 2 aliphatic rings. The highest BCUT2D eigenvalue weighted by Gasteiger charge is 2.48. The predicted octanol–water partition coefficient (Wildman–Crippen LogP) is 2.65. The van der Waals surface area contributed by atoms with Crippen LogP contribution in [0.5, 0.6) is 0 Å². The molecule has 1 saturated heterocycles. The first kappa shape index (κ1) is 10.7. The molecule has 2 fully saturated rings. The van der Waals surface area contributed by atoms with E-state index in [0.29, 0.717) is 6.54 Å². The van der Waals surface area contributed by atoms with Gasteiger partial charge in [0, 0.05) is 24.1 Å². The summed E-state index contributed by atoms with van der Waals surface area (Å²) in [6.07, 6.45) is 3.41. The quantitative estimate of drug-likeness (QED) is 0.793. The number of rotatable bonds is 3. The van der Waals surface area contributed by atoms with Gasteiger partial charge in [0.25, 0.3) is 0 Å². The van der Waals surface area contributed by atoms with Gasteiger partial charge in [-0.15, -0.1) is 0 Å². The standard InChI is InChI=1S/C10H17F2NS/c11-10(12)5-8(6-10)4-9(7-13)2-1-3-14-9/h8H,1-7,13H2. The van der Waals surface area contributed by atoms with E-state index in [2.05, 4.69) is 0 Å². The van der Waals surface area contributed by atoms with Crippen molar-refractivity contribution in [2.24, 2.45) is 11.7 Å². The maximum absolute atomic E-state index is 12.7. The van der Waals surface area contributed by atoms with Gasteiger partial charge in [0.05, 0.1) is 0 Å². The molecular formula is C10H17F2NS. The van der Waals surface area contributed by atoms with E-state index in [9.17, 15) is 8.78 Å². The Balaban J connectivity index is 1.84. The van der Waals surface area contributed by atoms with Gasteiger partial charge in [-0.25, -0.2) is 8.78 Å². The van der Waals surface area contributed by atoms with E-state index >= 15 is 0 Å². The van der Waals surface area contributed by atoms with Gasteiger partial charge < -0.3 is 5.73 Å². The lowest BCUT2D eigenvalue weighted by molar-refractivity contribution is -0.114. The van der Waals surface area contributed by atoms with Crippen LogP contribution in [-0.2, 0) is 0 Å². The summed E-state index contributed by atoms with van der Waals surface area (Å²) in [5.41, 5.74) is 5.76. The minimum absolute atomic E-state index is 0.0926. The minimum atomic E-state index is -2.37. The third-order valence-corrected chi connectivity index (χ3v) is 5.03. The third kappa shape index (κ3) is 2.06. The lowest BCUT2D eigenvalue weighted by Crippen LogP contribution is -2.42. The molecule has 0 aromatic rings. The molecule has 1 nitrogen and oxygen atoms in total. The van der Waals surface area contributed by atoms with E-state index in [-0.39, 0.29) is 23.5 Å². The van der Waals surface area contributed by atoms with Crippen LogP contribution in [0.1, 0.15) is 32.1 Å². The Morgan fingerprint density at radius 1 is 1.36 bits per heavy atom. The summed E-state index contributed by atoms with van der Waals surface area (Å²) < 4.78 is 25.4. The topological polar surface area (TPSA) is 26.0 Å². The zero-order chi connectivity index (χ0) is 10.2. The van der Waals surface area contributed by atoms with Crippen molar-refractivity contribution in [3.8, 4) is 0 Å². The molecule has 1 heterocycles. The maximum atomic E-state index is 12.7. The fourth-order valence-electron chi connectivity index (χ4n) is 2.62. The van der Waals surface area contributed by atoms with Crippen LogP contribution in [0.3, 0.4) is 0 Å². The second kappa shape index (κ2) is 3.63. The average Bonchev–Trinajstić information content (AvgIpc) is 2.51. The SMILES string of the molecule is NCC1(CC2CC(F)(F)C2)CCCS1. The highest BCUT2D eigenvalue weighted by atomic mass is 32.2. The molecule has 0 radical (unpaired) electrons. The molecule has 0 bridgehead atoms. The van der Waals surface area contributed by atoms with Gasteiger partial charge >= 0.3 is 0 Å². The molecule has 2 N–H and O–H groups in total. The second-order valence-corrected chi connectivity index (χ2v) is 6.24. The summed E-state index contributed by atoms with van der Waals surface area (Å²) in [7, 11) is 0. The molecule has 1 aliphatic heterocycles. The van der Waals surface area contributed by atoms with Crippen molar-refractivity contribution in [3.05, 3.63) is 0 Å². The smallest absolute Gasteiger partial charge is 0.248 e. The molecule has 0 aromatic heterocycles. The van der Waals surface area contributed by atoms with Crippen molar-refractivity contribution in [2.45, 2.75) is 42.8 Å². The van der Waals surface area contributed by atoms with Crippen LogP contribution in [0, 0.1) is 5.92 Å². The molecule has 1 unspecified atom stereocenters. The van der Waals surface area contributed by atoms with Crippen molar-refractivity contribution < 1.29 is 8.78 Å². The number of nitrogens with two attached hydrogens (primary N) is 1. The highest BCUT2D eigenvalue weighted by Crippen LogP contribution is 2.50. The van der Waals surface area contributed by atoms with Crippen LogP contribution in [-0.4, -0.2) is 23.0 Å². The molecule has 1 saturated carbocycles. The van der Waals surface area contributed by atoms with Crippen molar-refractivity contribution in [1.29, 1.82) is 0 Å². The summed E-state index contributed by atoms with van der Waals surface area (Å²) in [6, 6.07) is 0. The second-order valence-electron chi connectivity index (χ2n) is 4.67. The van der Waals surface area contributed by atoms with E-state index in [0.717, 1.165) is 18.6 Å². The summed E-state index contributed by atoms with van der Waals surface area (Å²) in [6.45, 7) is 0.653. The summed E-state index contributed by atoms with van der Waals surface area (Å²) in [4.78, 5) is 0. The molecule has 1 aliphatic carbocycles. The number of hydrogen-bond acceptors (Lipinski definition) is 2. The van der Waals surface area contributed by atoms with E-state index in [1.54, 1.807) is 0 Å². The van der Waals surface area contributed by atoms with Crippen LogP contribution in [0.25, 0.3) is 0 Å². The van der Waals surface area contributed by atoms with Gasteiger partial charge in [0.15, 0.2) is 0 Å². The Morgan fingerprint density at radius 3 is 2.50 bits per heavy atom. The van der Waals surface area contributed by atoms with E-state index < -0.39 is 5.92 Å². The Hall–Kier alpha value is 0.170. The molecule has 0 spiro atoms. The Labute approximate surface area is 87.8 Å². The van der Waals surface area contributed by atoms with Crippen LogP contribution >= 0.6 is 11.8 Å². The zero-order valence-electron chi connectivity index (χ0n) is 8.27. The summed E-state index contributed by atoms with van der Waals surface area (Å²) in [5, 5.41) is 0. The molecule has 82 valence electrons. The zero-order valence-corrected chi connectivity index (χ0v) is 9.09. The van der Waals surface area contributed by atoms with Crippen molar-refractivity contribution in [1.82, 2.24) is 0 Å². The molecule has 0 aromatic carbocycles. The third-order valence-electron chi connectivity index (χ3n) is 3.39. The van der Waals surface area contributed by atoms with Gasteiger partial charge in [0.1, 0.15) is 0 Å².